The largest absolute Gasteiger partial charge is 0.493 e. The van der Waals surface area contributed by atoms with Gasteiger partial charge in [0.2, 0.25) is 0 Å². The molecule has 190 valence electrons. The van der Waals surface area contributed by atoms with Gasteiger partial charge in [0.05, 0.1) is 46.6 Å². The van der Waals surface area contributed by atoms with Crippen LogP contribution in [0.25, 0.3) is 6.08 Å². The van der Waals surface area contributed by atoms with Crippen LogP contribution < -0.4 is 24.4 Å². The third-order valence-electron chi connectivity index (χ3n) is 5.60. The van der Waals surface area contributed by atoms with Crippen LogP contribution in [0.3, 0.4) is 0 Å². The van der Waals surface area contributed by atoms with Crippen LogP contribution >= 0.6 is 11.3 Å². The van der Waals surface area contributed by atoms with Crippen molar-refractivity contribution >= 4 is 35.0 Å². The van der Waals surface area contributed by atoms with Crippen molar-refractivity contribution in [2.75, 3.05) is 14.2 Å². The summed E-state index contributed by atoms with van der Waals surface area (Å²) in [7, 11) is 2.62. The maximum absolute atomic E-state index is 13.6. The first-order chi connectivity index (χ1) is 17.7. The van der Waals surface area contributed by atoms with E-state index >= 15 is 0 Å². The van der Waals surface area contributed by atoms with Crippen molar-refractivity contribution in [3.05, 3.63) is 94.7 Å². The molecule has 0 saturated heterocycles. The minimum atomic E-state index is -0.947. The number of allylic oxidation sites excluding steroid dienone is 1. The highest BCUT2D eigenvalue weighted by atomic mass is 32.1. The van der Waals surface area contributed by atoms with E-state index in [4.69, 9.17) is 14.2 Å². The summed E-state index contributed by atoms with van der Waals surface area (Å²) in [6.07, 6.45) is 1.43. The van der Waals surface area contributed by atoms with E-state index in [0.717, 1.165) is 11.3 Å². The molecule has 3 aromatic rings. The second-order valence-electron chi connectivity index (χ2n) is 7.89. The van der Waals surface area contributed by atoms with Gasteiger partial charge in [-0.3, -0.25) is 24.3 Å². The lowest BCUT2D eigenvalue weighted by atomic mass is 9.95. The zero-order valence-corrected chi connectivity index (χ0v) is 21.0. The fraction of sp³-hybridized carbons (Fsp3) is 0.200. The number of benzene rings is 2. The quantitative estimate of drug-likeness (QED) is 0.207. The summed E-state index contributed by atoms with van der Waals surface area (Å²) in [6, 6.07) is 9.78. The van der Waals surface area contributed by atoms with Gasteiger partial charge in [-0.05, 0) is 36.8 Å². The number of thiazole rings is 1. The average Bonchev–Trinajstić information content (AvgIpc) is 3.17. The van der Waals surface area contributed by atoms with Crippen molar-refractivity contribution in [3.8, 4) is 11.5 Å². The second kappa shape index (κ2) is 10.2. The highest BCUT2D eigenvalue weighted by molar-refractivity contribution is 7.07. The van der Waals surface area contributed by atoms with Crippen molar-refractivity contribution < 1.29 is 28.7 Å². The molecule has 12 heteroatoms. The molecule has 37 heavy (non-hydrogen) atoms. The van der Waals surface area contributed by atoms with Gasteiger partial charge in [-0.25, -0.2) is 9.79 Å². The van der Waals surface area contributed by atoms with Gasteiger partial charge in [-0.15, -0.1) is 0 Å². The highest BCUT2D eigenvalue weighted by Gasteiger charge is 2.33. The number of nitrogens with zero attached hydrogens (tertiary/aromatic N) is 3. The second-order valence-corrected chi connectivity index (χ2v) is 8.90. The van der Waals surface area contributed by atoms with Crippen LogP contribution in [0.2, 0.25) is 0 Å². The Morgan fingerprint density at radius 2 is 1.89 bits per heavy atom. The van der Waals surface area contributed by atoms with Crippen molar-refractivity contribution in [1.29, 1.82) is 0 Å². The molecule has 0 aliphatic carbocycles. The smallest absolute Gasteiger partial charge is 0.338 e. The summed E-state index contributed by atoms with van der Waals surface area (Å²) in [6.45, 7) is 2.88. The predicted octanol–water partition coefficient (Wildman–Crippen LogP) is 2.25. The van der Waals surface area contributed by atoms with E-state index in [-0.39, 0.29) is 32.9 Å². The normalized spacial score (nSPS) is 15.0. The molecular weight excluding hydrogens is 502 g/mol. The van der Waals surface area contributed by atoms with Crippen LogP contribution in [0.5, 0.6) is 11.5 Å². The molecule has 4 rings (SSSR count). The Morgan fingerprint density at radius 1 is 1.16 bits per heavy atom. The predicted molar refractivity (Wildman–Crippen MR) is 133 cm³/mol. The number of carbonyl (C=O) groups excluding carboxylic acids is 2. The topological polar surface area (TPSA) is 139 Å². The van der Waals surface area contributed by atoms with E-state index in [1.54, 1.807) is 25.1 Å². The number of rotatable bonds is 6. The summed E-state index contributed by atoms with van der Waals surface area (Å²) < 4.78 is 17.1. The van der Waals surface area contributed by atoms with Gasteiger partial charge in [0.15, 0.2) is 16.3 Å². The van der Waals surface area contributed by atoms with E-state index < -0.39 is 28.5 Å². The lowest BCUT2D eigenvalue weighted by Crippen LogP contribution is -2.39. The molecule has 1 atom stereocenters. The number of fused-ring (bicyclic) bond motifs is 1. The number of nitro groups is 1. The van der Waals surface area contributed by atoms with Crippen LogP contribution in [-0.2, 0) is 14.3 Å². The summed E-state index contributed by atoms with van der Waals surface area (Å²) in [5.74, 6) is -0.834. The number of carbonyl (C=O) groups is 2. The fourth-order valence-electron chi connectivity index (χ4n) is 4.02. The molecule has 0 radical (unpaired) electrons. The number of hydrogen-bond donors (Lipinski definition) is 0. The lowest BCUT2D eigenvalue weighted by Gasteiger charge is -2.25. The first kappa shape index (κ1) is 25.5. The number of hydrogen-bond acceptors (Lipinski definition) is 10. The van der Waals surface area contributed by atoms with Crippen molar-refractivity contribution in [1.82, 2.24) is 4.57 Å². The van der Waals surface area contributed by atoms with Crippen LogP contribution in [0, 0.1) is 10.1 Å². The highest BCUT2D eigenvalue weighted by Crippen LogP contribution is 2.36. The van der Waals surface area contributed by atoms with Gasteiger partial charge in [-0.2, -0.15) is 0 Å². The molecule has 2 heterocycles. The summed E-state index contributed by atoms with van der Waals surface area (Å²) in [5.41, 5.74) is 0.560. The summed E-state index contributed by atoms with van der Waals surface area (Å²) >= 11 is 1.04. The third-order valence-corrected chi connectivity index (χ3v) is 6.59. The minimum Gasteiger partial charge on any atom is -0.493 e. The molecule has 0 N–H and O–H groups in total. The van der Waals surface area contributed by atoms with E-state index in [2.05, 4.69) is 4.99 Å². The zero-order chi connectivity index (χ0) is 26.9. The van der Waals surface area contributed by atoms with Gasteiger partial charge in [-0.1, -0.05) is 29.5 Å². The van der Waals surface area contributed by atoms with E-state index in [9.17, 15) is 24.5 Å². The third kappa shape index (κ3) is 4.78. The molecule has 0 fully saturated rings. The number of esters is 2. The van der Waals surface area contributed by atoms with Gasteiger partial charge in [0, 0.05) is 13.0 Å². The first-order valence-electron chi connectivity index (χ1n) is 10.9. The fourth-order valence-corrected chi connectivity index (χ4v) is 5.06. The number of methoxy groups -OCH3 is 2. The van der Waals surface area contributed by atoms with E-state index in [1.165, 1.54) is 56.1 Å². The Labute approximate surface area is 213 Å². The molecular formula is C25H21N3O8S. The molecule has 0 bridgehead atoms. The Morgan fingerprint density at radius 3 is 2.54 bits per heavy atom. The monoisotopic (exact) mass is 523 g/mol. The molecule has 1 aromatic heterocycles. The molecule has 0 amide bonds. The molecule has 1 aliphatic rings. The first-order valence-corrected chi connectivity index (χ1v) is 11.7. The summed E-state index contributed by atoms with van der Waals surface area (Å²) in [4.78, 5) is 53.6. The van der Waals surface area contributed by atoms with Crippen LogP contribution in [-0.4, -0.2) is 35.6 Å². The molecule has 11 nitrogen and oxygen atoms in total. The number of aromatic nitrogens is 1. The van der Waals surface area contributed by atoms with Crippen LogP contribution in [0.1, 0.15) is 31.0 Å². The SMILES string of the molecule is COC(=O)C1=C(C)N=c2s/c(=C\c3ccccc3[N+](=O)[O-])c(=O)n2C1c1ccc(OC(C)=O)c(OC)c1. The van der Waals surface area contributed by atoms with Gasteiger partial charge in [0.25, 0.3) is 11.2 Å². The summed E-state index contributed by atoms with van der Waals surface area (Å²) in [5, 5.41) is 11.5. The van der Waals surface area contributed by atoms with Gasteiger partial charge >= 0.3 is 11.9 Å². The lowest BCUT2D eigenvalue weighted by molar-refractivity contribution is -0.385. The molecule has 2 aromatic carbocycles. The zero-order valence-electron chi connectivity index (χ0n) is 20.2. The van der Waals surface area contributed by atoms with E-state index in [0.29, 0.717) is 16.1 Å². The molecule has 0 saturated carbocycles. The van der Waals surface area contributed by atoms with Crippen molar-refractivity contribution in [2.45, 2.75) is 19.9 Å². The van der Waals surface area contributed by atoms with Crippen molar-refractivity contribution in [2.24, 2.45) is 4.99 Å². The van der Waals surface area contributed by atoms with Gasteiger partial charge in [0.1, 0.15) is 0 Å². The standard InChI is InChI=1S/C25H21N3O8S/c1-13-21(24(31)35-4)22(16-9-10-18(36-14(2)29)19(11-16)34-3)27-23(30)20(37-25(27)26-13)12-15-7-5-6-8-17(15)28(32)33/h5-12,22H,1-4H3/b20-12-. The Bertz CT molecular complexity index is 1650. The van der Waals surface area contributed by atoms with Gasteiger partial charge < -0.3 is 14.2 Å². The average molecular weight is 524 g/mol. The molecule has 0 spiro atoms. The Balaban J connectivity index is 1.98. The molecule has 1 unspecified atom stereocenters. The molecule has 1 aliphatic heterocycles. The van der Waals surface area contributed by atoms with Crippen LogP contribution in [0.15, 0.2) is 63.5 Å². The van der Waals surface area contributed by atoms with E-state index in [1.807, 2.05) is 0 Å². The Hall–Kier alpha value is -4.58. The minimum absolute atomic E-state index is 0.134. The number of para-hydroxylation sites is 1. The number of ether oxygens (including phenoxy) is 3. The van der Waals surface area contributed by atoms with Crippen molar-refractivity contribution in [3.63, 3.8) is 0 Å². The Kier molecular flexibility index (Phi) is 7.02. The maximum atomic E-state index is 13.6. The number of nitro benzene ring substituents is 1. The maximum Gasteiger partial charge on any atom is 0.338 e. The van der Waals surface area contributed by atoms with Crippen LogP contribution in [0.4, 0.5) is 5.69 Å².